The number of nitrogens with zero attached hydrogens (tertiary/aromatic N) is 3. The van der Waals surface area contributed by atoms with Gasteiger partial charge in [-0.05, 0) is 23.6 Å². The number of carbonyl (C=O) groups excluding carboxylic acids is 1. The quantitative estimate of drug-likeness (QED) is 0.515. The van der Waals surface area contributed by atoms with Crippen LogP contribution < -0.4 is 0 Å². The molecule has 1 aliphatic rings. The third-order valence-electron chi connectivity index (χ3n) is 4.77. The highest BCUT2D eigenvalue weighted by Gasteiger charge is 2.37. The van der Waals surface area contributed by atoms with Crippen molar-refractivity contribution >= 4 is 60.3 Å². The molecule has 10 heteroatoms. The van der Waals surface area contributed by atoms with E-state index in [9.17, 15) is 13.2 Å². The van der Waals surface area contributed by atoms with E-state index in [0.29, 0.717) is 23.0 Å². The Balaban J connectivity index is 1.54. The first kappa shape index (κ1) is 20.5. The van der Waals surface area contributed by atoms with Crippen molar-refractivity contribution in [3.05, 3.63) is 63.4 Å². The van der Waals surface area contributed by atoms with Crippen molar-refractivity contribution in [1.82, 2.24) is 14.2 Å². The number of hydrogen-bond acceptors (Lipinski definition) is 6. The van der Waals surface area contributed by atoms with Gasteiger partial charge in [-0.3, -0.25) is 4.79 Å². The second kappa shape index (κ2) is 8.16. The van der Waals surface area contributed by atoms with Gasteiger partial charge in [0.05, 0.1) is 13.1 Å². The molecule has 0 N–H and O–H groups in total. The number of thiazole rings is 1. The molecule has 1 fully saturated rings. The number of amides is 1. The normalized spacial score (nSPS) is 17.0. The van der Waals surface area contributed by atoms with Crippen molar-refractivity contribution in [2.75, 3.05) is 19.6 Å². The van der Waals surface area contributed by atoms with Gasteiger partial charge in [0.15, 0.2) is 0 Å². The number of piperazine rings is 1. The predicted octanol–water partition coefficient (Wildman–Crippen LogP) is 3.91. The minimum Gasteiger partial charge on any atom is -0.333 e. The van der Waals surface area contributed by atoms with E-state index < -0.39 is 15.3 Å². The fourth-order valence-corrected chi connectivity index (χ4v) is 7.29. The van der Waals surface area contributed by atoms with Crippen LogP contribution in [0.15, 0.2) is 48.5 Å². The summed E-state index contributed by atoms with van der Waals surface area (Å²) in [6.07, 6.45) is 3.12. The van der Waals surface area contributed by atoms with Crippen molar-refractivity contribution in [2.45, 2.75) is 11.8 Å². The van der Waals surface area contributed by atoms with E-state index in [4.69, 9.17) is 11.6 Å². The van der Waals surface area contributed by atoms with E-state index >= 15 is 0 Å². The van der Waals surface area contributed by atoms with E-state index in [-0.39, 0.29) is 19.0 Å². The Morgan fingerprint density at radius 3 is 2.83 bits per heavy atom. The summed E-state index contributed by atoms with van der Waals surface area (Å²) < 4.78 is 28.7. The molecule has 6 nitrogen and oxygen atoms in total. The van der Waals surface area contributed by atoms with Crippen molar-refractivity contribution < 1.29 is 13.2 Å². The lowest BCUT2D eigenvalue weighted by Crippen LogP contribution is -2.52. The lowest BCUT2D eigenvalue weighted by molar-refractivity contribution is -0.134. The average molecular weight is 468 g/mol. The zero-order valence-electron chi connectivity index (χ0n) is 15.3. The molecule has 0 spiro atoms. The Bertz CT molecular complexity index is 1160. The lowest BCUT2D eigenvalue weighted by atomic mass is 10.2. The highest BCUT2D eigenvalue weighted by atomic mass is 35.5. The summed E-state index contributed by atoms with van der Waals surface area (Å²) in [5.41, 5.74) is 0. The summed E-state index contributed by atoms with van der Waals surface area (Å²) in [7, 11) is -3.77. The number of thiophene rings is 1. The maximum absolute atomic E-state index is 13.3. The predicted molar refractivity (Wildman–Crippen MR) is 118 cm³/mol. The summed E-state index contributed by atoms with van der Waals surface area (Å²) in [6, 6.07) is 7.31. The molecule has 1 saturated heterocycles. The molecule has 1 amide bonds. The third kappa shape index (κ3) is 4.10. The highest BCUT2D eigenvalue weighted by Crippen LogP contribution is 2.37. The van der Waals surface area contributed by atoms with Crippen LogP contribution in [-0.2, 0) is 21.4 Å². The van der Waals surface area contributed by atoms with E-state index in [1.54, 1.807) is 17.2 Å². The van der Waals surface area contributed by atoms with Crippen molar-refractivity contribution in [2.24, 2.45) is 0 Å². The summed E-state index contributed by atoms with van der Waals surface area (Å²) >= 11 is 8.90. The van der Waals surface area contributed by atoms with Gasteiger partial charge in [-0.2, -0.15) is 4.31 Å². The molecule has 0 radical (unpaired) electrons. The number of rotatable bonds is 6. The molecule has 29 heavy (non-hydrogen) atoms. The second-order valence-corrected chi connectivity index (χ2v) is 11.2. The minimum absolute atomic E-state index is 0.172. The maximum atomic E-state index is 13.3. The molecular formula is C19H18ClN3O3S3. The molecule has 4 rings (SSSR count). The molecular weight excluding hydrogens is 450 g/mol. The average Bonchev–Trinajstić information content (AvgIpc) is 3.33. The van der Waals surface area contributed by atoms with Gasteiger partial charge in [-0.15, -0.1) is 29.3 Å². The highest BCUT2D eigenvalue weighted by molar-refractivity contribution is 7.89. The number of aromatic nitrogens is 1. The fraction of sp³-hybridized carbons (Fsp3) is 0.263. The Hall–Kier alpha value is -1.78. The van der Waals surface area contributed by atoms with Gasteiger partial charge < -0.3 is 4.90 Å². The molecule has 1 atom stereocenters. The fourth-order valence-electron chi connectivity index (χ4n) is 3.28. The molecule has 1 aliphatic heterocycles. The van der Waals surface area contributed by atoms with Gasteiger partial charge in [0.25, 0.3) is 0 Å². The number of hydrogen-bond donors (Lipinski definition) is 0. The SMILES string of the molecule is C=CC(c1cc2ccc(Cl)cc2s1)S(=O)(=O)N1CCN(Cc2nccs2)C(=O)C1. The van der Waals surface area contributed by atoms with Crippen LogP contribution in [0.25, 0.3) is 10.1 Å². The van der Waals surface area contributed by atoms with Crippen LogP contribution in [0.4, 0.5) is 0 Å². The topological polar surface area (TPSA) is 70.6 Å². The van der Waals surface area contributed by atoms with E-state index in [1.807, 2.05) is 23.6 Å². The first-order valence-corrected chi connectivity index (χ1v) is 12.4. The van der Waals surface area contributed by atoms with Crippen LogP contribution in [0.1, 0.15) is 15.1 Å². The molecule has 0 bridgehead atoms. The first-order valence-electron chi connectivity index (χ1n) is 8.85. The first-order chi connectivity index (χ1) is 13.9. The smallest absolute Gasteiger partial charge is 0.238 e. The Kier molecular flexibility index (Phi) is 5.76. The molecule has 3 heterocycles. The molecule has 2 aromatic heterocycles. The van der Waals surface area contributed by atoms with Crippen LogP contribution in [0.5, 0.6) is 0 Å². The zero-order chi connectivity index (χ0) is 20.6. The number of benzene rings is 1. The van der Waals surface area contributed by atoms with Crippen LogP contribution in [0, 0.1) is 0 Å². The Morgan fingerprint density at radius 1 is 1.31 bits per heavy atom. The largest absolute Gasteiger partial charge is 0.333 e. The van der Waals surface area contributed by atoms with E-state index in [1.165, 1.54) is 33.1 Å². The number of fused-ring (bicyclic) bond motifs is 1. The second-order valence-electron chi connectivity index (χ2n) is 6.61. The number of sulfonamides is 1. The zero-order valence-corrected chi connectivity index (χ0v) is 18.5. The summed E-state index contributed by atoms with van der Waals surface area (Å²) in [5, 5.41) is 3.32. The summed E-state index contributed by atoms with van der Waals surface area (Å²) in [5.74, 6) is -0.221. The van der Waals surface area contributed by atoms with Crippen LogP contribution >= 0.6 is 34.3 Å². The number of carbonyl (C=O) groups is 1. The summed E-state index contributed by atoms with van der Waals surface area (Å²) in [4.78, 5) is 19.1. The van der Waals surface area contributed by atoms with Crippen LogP contribution in [-0.4, -0.2) is 48.1 Å². The lowest BCUT2D eigenvalue weighted by Gasteiger charge is -2.34. The van der Waals surface area contributed by atoms with Gasteiger partial charge in [-0.25, -0.2) is 13.4 Å². The summed E-state index contributed by atoms with van der Waals surface area (Å²) in [6.45, 7) is 4.57. The maximum Gasteiger partial charge on any atom is 0.238 e. The molecule has 152 valence electrons. The van der Waals surface area contributed by atoms with Crippen LogP contribution in [0.2, 0.25) is 5.02 Å². The van der Waals surface area contributed by atoms with Gasteiger partial charge >= 0.3 is 0 Å². The van der Waals surface area contributed by atoms with Crippen molar-refractivity contribution in [3.8, 4) is 0 Å². The van der Waals surface area contributed by atoms with Gasteiger partial charge in [0.1, 0.15) is 10.3 Å². The van der Waals surface area contributed by atoms with Gasteiger partial charge in [0.2, 0.25) is 15.9 Å². The standard InChI is InChI=1S/C19H18ClN3O3S3/c1-2-17(16-9-13-3-4-14(20)10-15(13)28-16)29(25,26)23-7-6-22(19(24)12-23)11-18-21-5-8-27-18/h2-5,8-10,17H,1,6-7,11-12H2. The van der Waals surface area contributed by atoms with E-state index in [0.717, 1.165) is 15.1 Å². The molecule has 0 aliphatic carbocycles. The third-order valence-corrected chi connectivity index (χ3v) is 9.22. The monoisotopic (exact) mass is 467 g/mol. The number of halogens is 1. The van der Waals surface area contributed by atoms with Gasteiger partial charge in [0, 0.05) is 39.3 Å². The molecule has 1 unspecified atom stereocenters. The van der Waals surface area contributed by atoms with Crippen molar-refractivity contribution in [1.29, 1.82) is 0 Å². The van der Waals surface area contributed by atoms with Gasteiger partial charge in [-0.1, -0.05) is 23.7 Å². The van der Waals surface area contributed by atoms with E-state index in [2.05, 4.69) is 11.6 Å². The minimum atomic E-state index is -3.77. The van der Waals surface area contributed by atoms with Crippen LogP contribution in [0.3, 0.4) is 0 Å². The Labute approximate surface area is 182 Å². The Morgan fingerprint density at radius 2 is 2.14 bits per heavy atom. The van der Waals surface area contributed by atoms with Crippen molar-refractivity contribution in [3.63, 3.8) is 0 Å². The molecule has 0 saturated carbocycles. The molecule has 3 aromatic rings. The molecule has 1 aromatic carbocycles.